The molecule has 0 aliphatic carbocycles. The van der Waals surface area contributed by atoms with E-state index >= 15 is 0 Å². The van der Waals surface area contributed by atoms with Crippen LogP contribution in [0.25, 0.3) is 10.2 Å². The van der Waals surface area contributed by atoms with Crippen LogP contribution < -0.4 is 10.6 Å². The predicted molar refractivity (Wildman–Crippen MR) is 90.2 cm³/mol. The van der Waals surface area contributed by atoms with Crippen molar-refractivity contribution in [2.75, 3.05) is 30.8 Å². The molecule has 2 bridgehead atoms. The number of benzene rings is 1. The third kappa shape index (κ3) is 2.19. The number of hydrogen-bond acceptors (Lipinski definition) is 5. The number of fused-ring (bicyclic) bond motifs is 3. The van der Waals surface area contributed by atoms with Gasteiger partial charge in [-0.25, -0.2) is 4.98 Å². The molecule has 2 atom stereocenters. The lowest BCUT2D eigenvalue weighted by molar-refractivity contribution is 0.254. The molecule has 5 heteroatoms. The molecule has 0 amide bonds. The first-order valence-electron chi connectivity index (χ1n) is 7.75. The number of rotatable bonds is 1. The molecule has 3 heterocycles. The number of likely N-dealkylation sites (N-methyl/N-ethyl adjacent to an activating group) is 1. The van der Waals surface area contributed by atoms with Gasteiger partial charge in [-0.2, -0.15) is 0 Å². The Morgan fingerprint density at radius 1 is 1.24 bits per heavy atom. The molecule has 1 aromatic heterocycles. The summed E-state index contributed by atoms with van der Waals surface area (Å²) in [6.45, 7) is 4.25. The van der Waals surface area contributed by atoms with Crippen molar-refractivity contribution in [1.29, 1.82) is 0 Å². The van der Waals surface area contributed by atoms with Crippen LogP contribution in [0.15, 0.2) is 12.1 Å². The number of anilines is 2. The summed E-state index contributed by atoms with van der Waals surface area (Å²) in [4.78, 5) is 9.67. The standard InChI is InChI=1S/C16H22N4S/c1-10-18-14-8-15(13(17)7-16(14)21-10)20-6-5-11-3-4-12(9-20)19(11)2/h7-8,11-12H,3-6,9,17H2,1-2H3. The van der Waals surface area contributed by atoms with Crippen molar-refractivity contribution in [2.24, 2.45) is 0 Å². The highest BCUT2D eigenvalue weighted by molar-refractivity contribution is 7.18. The summed E-state index contributed by atoms with van der Waals surface area (Å²) < 4.78 is 1.20. The van der Waals surface area contributed by atoms with Crippen LogP contribution >= 0.6 is 11.3 Å². The Hall–Kier alpha value is -1.33. The Morgan fingerprint density at radius 2 is 2.05 bits per heavy atom. The van der Waals surface area contributed by atoms with Gasteiger partial charge < -0.3 is 10.6 Å². The van der Waals surface area contributed by atoms with Crippen molar-refractivity contribution in [1.82, 2.24) is 9.88 Å². The SMILES string of the molecule is Cc1nc2cc(N3CCC4CCC(C3)N4C)c(N)cc2s1. The Morgan fingerprint density at radius 3 is 2.90 bits per heavy atom. The third-order valence-corrected chi connectivity index (χ3v) is 6.07. The molecule has 0 saturated carbocycles. The van der Waals surface area contributed by atoms with E-state index in [4.69, 9.17) is 5.73 Å². The number of hydrogen-bond donors (Lipinski definition) is 1. The summed E-state index contributed by atoms with van der Waals surface area (Å²) in [5.74, 6) is 0. The highest BCUT2D eigenvalue weighted by Gasteiger charge is 2.35. The fraction of sp³-hybridized carbons (Fsp3) is 0.562. The van der Waals surface area contributed by atoms with Crippen molar-refractivity contribution < 1.29 is 0 Å². The van der Waals surface area contributed by atoms with E-state index in [0.29, 0.717) is 6.04 Å². The summed E-state index contributed by atoms with van der Waals surface area (Å²) >= 11 is 1.72. The lowest BCUT2D eigenvalue weighted by atomic mass is 10.1. The van der Waals surface area contributed by atoms with Gasteiger partial charge in [0.2, 0.25) is 0 Å². The average Bonchev–Trinajstić information content (AvgIpc) is 2.88. The molecule has 2 aliphatic heterocycles. The fourth-order valence-electron chi connectivity index (χ4n) is 3.90. The van der Waals surface area contributed by atoms with Crippen LogP contribution in [0.1, 0.15) is 24.3 Å². The summed E-state index contributed by atoms with van der Waals surface area (Å²) in [6, 6.07) is 5.71. The van der Waals surface area contributed by atoms with Gasteiger partial charge in [0.25, 0.3) is 0 Å². The number of nitrogens with zero attached hydrogens (tertiary/aromatic N) is 3. The second kappa shape index (κ2) is 4.85. The van der Waals surface area contributed by atoms with Gasteiger partial charge in [0, 0.05) is 25.2 Å². The molecule has 1 aromatic carbocycles. The van der Waals surface area contributed by atoms with Gasteiger partial charge >= 0.3 is 0 Å². The van der Waals surface area contributed by atoms with E-state index in [1.54, 1.807) is 11.3 Å². The first-order chi connectivity index (χ1) is 10.1. The van der Waals surface area contributed by atoms with Crippen LogP contribution in [0.4, 0.5) is 11.4 Å². The summed E-state index contributed by atoms with van der Waals surface area (Å²) in [5, 5.41) is 1.11. The molecule has 2 aromatic rings. The first kappa shape index (κ1) is 13.3. The van der Waals surface area contributed by atoms with E-state index < -0.39 is 0 Å². The van der Waals surface area contributed by atoms with Crippen molar-refractivity contribution >= 4 is 32.9 Å². The van der Waals surface area contributed by atoms with E-state index in [2.05, 4.69) is 40.9 Å². The molecule has 0 radical (unpaired) electrons. The molecule has 21 heavy (non-hydrogen) atoms. The number of nitrogens with two attached hydrogens (primary N) is 1. The Labute approximate surface area is 129 Å². The molecular formula is C16H22N4S. The molecule has 112 valence electrons. The second-order valence-electron chi connectivity index (χ2n) is 6.40. The summed E-state index contributed by atoms with van der Waals surface area (Å²) in [7, 11) is 2.28. The van der Waals surface area contributed by atoms with E-state index in [-0.39, 0.29) is 0 Å². The van der Waals surface area contributed by atoms with Gasteiger partial charge in [-0.15, -0.1) is 11.3 Å². The molecule has 2 N–H and O–H groups in total. The van der Waals surface area contributed by atoms with Crippen LogP contribution in [0.5, 0.6) is 0 Å². The van der Waals surface area contributed by atoms with Gasteiger partial charge in [-0.05, 0) is 45.4 Å². The molecule has 4 rings (SSSR count). The van der Waals surface area contributed by atoms with E-state index in [0.717, 1.165) is 35.3 Å². The Bertz CT molecular complexity index is 680. The summed E-state index contributed by atoms with van der Waals surface area (Å²) in [6.07, 6.45) is 3.91. The average molecular weight is 302 g/mol. The largest absolute Gasteiger partial charge is 0.397 e. The maximum Gasteiger partial charge on any atom is 0.0907 e. The highest BCUT2D eigenvalue weighted by Crippen LogP contribution is 2.36. The molecule has 2 unspecified atom stereocenters. The van der Waals surface area contributed by atoms with Gasteiger partial charge in [-0.1, -0.05) is 0 Å². The maximum atomic E-state index is 6.33. The predicted octanol–water partition coefficient (Wildman–Crippen LogP) is 2.86. The van der Waals surface area contributed by atoms with E-state index in [1.165, 1.54) is 29.6 Å². The van der Waals surface area contributed by atoms with Gasteiger partial charge in [0.15, 0.2) is 0 Å². The molecule has 2 saturated heterocycles. The lowest BCUT2D eigenvalue weighted by Crippen LogP contribution is -2.36. The highest BCUT2D eigenvalue weighted by atomic mass is 32.1. The quantitative estimate of drug-likeness (QED) is 0.823. The monoisotopic (exact) mass is 302 g/mol. The third-order valence-electron chi connectivity index (χ3n) is 5.13. The molecule has 2 aliphatic rings. The molecule has 0 spiro atoms. The fourth-order valence-corrected chi connectivity index (χ4v) is 4.75. The second-order valence-corrected chi connectivity index (χ2v) is 7.63. The summed E-state index contributed by atoms with van der Waals surface area (Å²) in [5.41, 5.74) is 9.49. The molecule has 4 nitrogen and oxygen atoms in total. The minimum Gasteiger partial charge on any atom is -0.397 e. The molecule has 2 fully saturated rings. The van der Waals surface area contributed by atoms with Gasteiger partial charge in [0.1, 0.15) is 0 Å². The smallest absolute Gasteiger partial charge is 0.0907 e. The lowest BCUT2D eigenvalue weighted by Gasteiger charge is -2.28. The minimum absolute atomic E-state index is 0.671. The van der Waals surface area contributed by atoms with Crippen molar-refractivity contribution in [3.63, 3.8) is 0 Å². The van der Waals surface area contributed by atoms with Gasteiger partial charge in [0.05, 0.1) is 26.6 Å². The van der Waals surface area contributed by atoms with Crippen LogP contribution in [0.2, 0.25) is 0 Å². The van der Waals surface area contributed by atoms with Crippen LogP contribution in [0, 0.1) is 6.92 Å². The minimum atomic E-state index is 0.671. The van der Waals surface area contributed by atoms with Crippen LogP contribution in [-0.2, 0) is 0 Å². The normalized spacial score (nSPS) is 26.5. The number of thiazole rings is 1. The molecular weight excluding hydrogens is 280 g/mol. The zero-order chi connectivity index (χ0) is 14.6. The van der Waals surface area contributed by atoms with Crippen molar-refractivity contribution in [3.05, 3.63) is 17.1 Å². The Kier molecular flexibility index (Phi) is 3.08. The maximum absolute atomic E-state index is 6.33. The Balaban J connectivity index is 1.70. The van der Waals surface area contributed by atoms with E-state index in [1.807, 2.05) is 0 Å². The number of nitrogen functional groups attached to an aromatic ring is 1. The zero-order valence-electron chi connectivity index (χ0n) is 12.7. The number of aromatic nitrogens is 1. The first-order valence-corrected chi connectivity index (χ1v) is 8.57. The van der Waals surface area contributed by atoms with E-state index in [9.17, 15) is 0 Å². The van der Waals surface area contributed by atoms with Crippen LogP contribution in [0.3, 0.4) is 0 Å². The van der Waals surface area contributed by atoms with Crippen molar-refractivity contribution in [2.45, 2.75) is 38.3 Å². The zero-order valence-corrected chi connectivity index (χ0v) is 13.5. The van der Waals surface area contributed by atoms with Crippen molar-refractivity contribution in [3.8, 4) is 0 Å². The topological polar surface area (TPSA) is 45.4 Å². The van der Waals surface area contributed by atoms with Gasteiger partial charge in [-0.3, -0.25) is 4.90 Å². The van der Waals surface area contributed by atoms with Crippen LogP contribution in [-0.4, -0.2) is 42.1 Å². The number of aryl methyl sites for hydroxylation is 1.